The molecule has 0 unspecified atom stereocenters. The number of halogens is 2. The molecule has 0 bridgehead atoms. The molecule has 1 N–H and O–H groups in total. The van der Waals surface area contributed by atoms with E-state index in [1.165, 1.54) is 18.2 Å². The summed E-state index contributed by atoms with van der Waals surface area (Å²) in [5, 5.41) is 13.6. The van der Waals surface area contributed by atoms with Gasteiger partial charge in [-0.3, -0.25) is 14.9 Å². The topological polar surface area (TPSA) is 72.2 Å². The Balaban J connectivity index is 2.37. The van der Waals surface area contributed by atoms with Crippen LogP contribution in [0.3, 0.4) is 0 Å². The molecule has 20 heavy (non-hydrogen) atoms. The van der Waals surface area contributed by atoms with Crippen molar-refractivity contribution >= 4 is 44.8 Å². The Morgan fingerprint density at radius 2 is 1.95 bits per heavy atom. The fourth-order valence-corrected chi connectivity index (χ4v) is 2.30. The summed E-state index contributed by atoms with van der Waals surface area (Å²) in [5.74, 6) is -0.625. The first-order valence-electron chi connectivity index (χ1n) is 5.49. The Morgan fingerprint density at radius 3 is 2.60 bits per heavy atom. The first kappa shape index (κ1) is 14.5. The van der Waals surface area contributed by atoms with Crippen LogP contribution in [0.25, 0.3) is 0 Å². The lowest BCUT2D eigenvalue weighted by Crippen LogP contribution is -2.14. The molecule has 0 saturated heterocycles. The largest absolute Gasteiger partial charge is 0.322 e. The van der Waals surface area contributed by atoms with Crippen molar-refractivity contribution in [1.82, 2.24) is 0 Å². The monoisotopic (exact) mass is 354 g/mol. The molecule has 0 radical (unpaired) electrons. The van der Waals surface area contributed by atoms with Crippen LogP contribution in [0.5, 0.6) is 0 Å². The van der Waals surface area contributed by atoms with E-state index in [0.717, 1.165) is 4.47 Å². The second kappa shape index (κ2) is 6.02. The Morgan fingerprint density at radius 1 is 1.25 bits per heavy atom. The average Bonchev–Trinajstić information content (AvgIpc) is 2.38. The number of carbonyl (C=O) groups excluding carboxylic acids is 1. The maximum absolute atomic E-state index is 12.2. The number of amides is 1. The van der Waals surface area contributed by atoms with E-state index in [-0.39, 0.29) is 16.3 Å². The van der Waals surface area contributed by atoms with Crippen LogP contribution >= 0.6 is 27.5 Å². The Kier molecular flexibility index (Phi) is 4.36. The summed E-state index contributed by atoms with van der Waals surface area (Å²) in [5.41, 5.74) is 0.0303. The number of carbonyl (C=O) groups is 1. The van der Waals surface area contributed by atoms with E-state index in [9.17, 15) is 14.9 Å². The van der Waals surface area contributed by atoms with Gasteiger partial charge in [-0.05, 0) is 24.3 Å². The molecule has 2 rings (SSSR count). The zero-order valence-electron chi connectivity index (χ0n) is 9.97. The molecule has 0 heterocycles. The number of nitrogens with zero attached hydrogens (tertiary/aromatic N) is 1. The van der Waals surface area contributed by atoms with Gasteiger partial charge in [0, 0.05) is 16.2 Å². The van der Waals surface area contributed by atoms with E-state index in [1.807, 2.05) is 0 Å². The fraction of sp³-hybridized carbons (Fsp3) is 0. The number of nitro benzene ring substituents is 1. The van der Waals surface area contributed by atoms with Crippen molar-refractivity contribution < 1.29 is 9.72 Å². The third-order valence-electron chi connectivity index (χ3n) is 2.50. The molecule has 0 atom stereocenters. The first-order valence-corrected chi connectivity index (χ1v) is 6.66. The quantitative estimate of drug-likeness (QED) is 0.660. The van der Waals surface area contributed by atoms with Gasteiger partial charge in [-0.15, -0.1) is 0 Å². The molecule has 0 fully saturated rings. The number of nitrogens with one attached hydrogen (secondary N) is 1. The minimum absolute atomic E-state index is 0.0340. The van der Waals surface area contributed by atoms with Gasteiger partial charge in [-0.25, -0.2) is 0 Å². The van der Waals surface area contributed by atoms with Crippen LogP contribution in [0.2, 0.25) is 5.02 Å². The summed E-state index contributed by atoms with van der Waals surface area (Å²) in [6, 6.07) is 11.0. The van der Waals surface area contributed by atoms with E-state index in [1.54, 1.807) is 24.3 Å². The molecule has 0 saturated carbocycles. The highest BCUT2D eigenvalue weighted by Crippen LogP contribution is 2.27. The normalized spacial score (nSPS) is 10.1. The maximum Gasteiger partial charge on any atom is 0.283 e. The number of rotatable bonds is 3. The predicted octanol–water partition coefficient (Wildman–Crippen LogP) is 4.26. The molecule has 7 heteroatoms. The third-order valence-corrected chi connectivity index (χ3v) is 3.31. The second-order valence-electron chi connectivity index (χ2n) is 3.86. The smallest absolute Gasteiger partial charge is 0.283 e. The van der Waals surface area contributed by atoms with Crippen molar-refractivity contribution in [3.63, 3.8) is 0 Å². The summed E-state index contributed by atoms with van der Waals surface area (Å²) in [7, 11) is 0. The van der Waals surface area contributed by atoms with Gasteiger partial charge >= 0.3 is 0 Å². The minimum atomic E-state index is -0.637. The third kappa shape index (κ3) is 3.15. The molecule has 1 amide bonds. The van der Waals surface area contributed by atoms with Crippen LogP contribution in [0, 0.1) is 10.1 Å². The number of hydrogen-bond donors (Lipinski definition) is 1. The van der Waals surface area contributed by atoms with Crippen LogP contribution < -0.4 is 5.32 Å². The Labute approximate surface area is 127 Å². The van der Waals surface area contributed by atoms with Gasteiger partial charge < -0.3 is 5.32 Å². The Bertz CT molecular complexity index is 691. The van der Waals surface area contributed by atoms with Gasteiger partial charge in [0.2, 0.25) is 0 Å². The molecule has 5 nitrogen and oxygen atoms in total. The molecule has 0 aliphatic rings. The summed E-state index contributed by atoms with van der Waals surface area (Å²) >= 11 is 9.17. The number of hydrogen-bond acceptors (Lipinski definition) is 3. The number of benzene rings is 2. The van der Waals surface area contributed by atoms with Gasteiger partial charge in [-0.2, -0.15) is 0 Å². The number of anilines is 1. The summed E-state index contributed by atoms with van der Waals surface area (Å²) in [6.07, 6.45) is 0. The highest BCUT2D eigenvalue weighted by molar-refractivity contribution is 9.10. The van der Waals surface area contributed by atoms with Crippen LogP contribution in [-0.2, 0) is 0 Å². The van der Waals surface area contributed by atoms with Crippen molar-refractivity contribution in [1.29, 1.82) is 0 Å². The van der Waals surface area contributed by atoms with Crippen LogP contribution in [0.15, 0.2) is 46.9 Å². The molecule has 0 aromatic heterocycles. The standard InChI is InChI=1S/C13H8BrClN2O3/c14-8-3-1-4-9(7-8)16-13(18)12-10(15)5-2-6-11(12)17(19)20/h1-7H,(H,16,18). The average molecular weight is 356 g/mol. The van der Waals surface area contributed by atoms with E-state index in [4.69, 9.17) is 11.6 Å². The molecule has 0 aliphatic heterocycles. The van der Waals surface area contributed by atoms with Gasteiger partial charge in [0.25, 0.3) is 11.6 Å². The lowest BCUT2D eigenvalue weighted by molar-refractivity contribution is -0.385. The molecule has 102 valence electrons. The molecule has 2 aromatic rings. The molecular formula is C13H8BrClN2O3. The second-order valence-corrected chi connectivity index (χ2v) is 5.18. The lowest BCUT2D eigenvalue weighted by Gasteiger charge is -2.07. The van der Waals surface area contributed by atoms with E-state index < -0.39 is 10.8 Å². The zero-order chi connectivity index (χ0) is 14.7. The SMILES string of the molecule is O=C(Nc1cccc(Br)c1)c1c(Cl)cccc1[N+](=O)[O-]. The van der Waals surface area contributed by atoms with Gasteiger partial charge in [-0.1, -0.05) is 39.7 Å². The lowest BCUT2D eigenvalue weighted by atomic mass is 10.1. The van der Waals surface area contributed by atoms with Crippen LogP contribution in [0.4, 0.5) is 11.4 Å². The van der Waals surface area contributed by atoms with Crippen molar-refractivity contribution in [3.8, 4) is 0 Å². The molecule has 2 aromatic carbocycles. The highest BCUT2D eigenvalue weighted by Gasteiger charge is 2.23. The summed E-state index contributed by atoms with van der Waals surface area (Å²) in [4.78, 5) is 22.5. The van der Waals surface area contributed by atoms with Gasteiger partial charge in [0.1, 0.15) is 5.56 Å². The Hall–Kier alpha value is -1.92. The first-order chi connectivity index (χ1) is 9.49. The van der Waals surface area contributed by atoms with Crippen LogP contribution in [0.1, 0.15) is 10.4 Å². The van der Waals surface area contributed by atoms with E-state index in [2.05, 4.69) is 21.2 Å². The molecular weight excluding hydrogens is 348 g/mol. The van der Waals surface area contributed by atoms with E-state index >= 15 is 0 Å². The zero-order valence-corrected chi connectivity index (χ0v) is 12.3. The summed E-state index contributed by atoms with van der Waals surface area (Å²) in [6.45, 7) is 0. The number of nitro groups is 1. The highest BCUT2D eigenvalue weighted by atomic mass is 79.9. The predicted molar refractivity (Wildman–Crippen MR) is 80.2 cm³/mol. The van der Waals surface area contributed by atoms with Crippen molar-refractivity contribution in [2.24, 2.45) is 0 Å². The maximum atomic E-state index is 12.2. The molecule has 0 spiro atoms. The van der Waals surface area contributed by atoms with E-state index in [0.29, 0.717) is 5.69 Å². The summed E-state index contributed by atoms with van der Waals surface area (Å²) < 4.78 is 0.781. The van der Waals surface area contributed by atoms with Crippen molar-refractivity contribution in [2.75, 3.05) is 5.32 Å². The van der Waals surface area contributed by atoms with Gasteiger partial charge in [0.05, 0.1) is 9.95 Å². The fourth-order valence-electron chi connectivity index (χ4n) is 1.65. The minimum Gasteiger partial charge on any atom is -0.322 e. The van der Waals surface area contributed by atoms with Crippen molar-refractivity contribution in [2.45, 2.75) is 0 Å². The van der Waals surface area contributed by atoms with Crippen LogP contribution in [-0.4, -0.2) is 10.8 Å². The van der Waals surface area contributed by atoms with Crippen molar-refractivity contribution in [3.05, 3.63) is 67.6 Å². The molecule has 0 aliphatic carbocycles. The van der Waals surface area contributed by atoms with Gasteiger partial charge in [0.15, 0.2) is 0 Å².